The third kappa shape index (κ3) is 5.22. The molecule has 1 fully saturated rings. The topological polar surface area (TPSA) is 75.4 Å². The van der Waals surface area contributed by atoms with E-state index in [9.17, 15) is 9.59 Å². The summed E-state index contributed by atoms with van der Waals surface area (Å²) < 4.78 is 0. The molecule has 1 aliphatic heterocycles. The molecule has 5 nitrogen and oxygen atoms in total. The minimum Gasteiger partial charge on any atom is -0.354 e. The van der Waals surface area contributed by atoms with Gasteiger partial charge in [-0.3, -0.25) is 9.59 Å². The largest absolute Gasteiger partial charge is 0.354 e. The van der Waals surface area contributed by atoms with E-state index in [1.165, 1.54) is 6.42 Å². The zero-order valence-electron chi connectivity index (χ0n) is 13.6. The Kier molecular flexibility index (Phi) is 7.52. The van der Waals surface area contributed by atoms with Gasteiger partial charge in [-0.1, -0.05) is 30.3 Å². The molecule has 1 saturated heterocycles. The van der Waals surface area contributed by atoms with Crippen molar-refractivity contribution < 1.29 is 9.59 Å². The predicted molar refractivity (Wildman–Crippen MR) is 93.3 cm³/mol. The molecule has 0 aliphatic carbocycles. The predicted octanol–water partition coefficient (Wildman–Crippen LogP) is 1.80. The summed E-state index contributed by atoms with van der Waals surface area (Å²) in [5.41, 5.74) is 5.81. The van der Waals surface area contributed by atoms with Crippen LogP contribution >= 0.6 is 12.4 Å². The Morgan fingerprint density at radius 1 is 1.17 bits per heavy atom. The molecule has 23 heavy (non-hydrogen) atoms. The summed E-state index contributed by atoms with van der Waals surface area (Å²) in [7, 11) is 0. The Labute approximate surface area is 144 Å². The van der Waals surface area contributed by atoms with E-state index in [1.807, 2.05) is 35.2 Å². The highest BCUT2D eigenvalue weighted by atomic mass is 35.5. The van der Waals surface area contributed by atoms with Crippen molar-refractivity contribution in [3.8, 4) is 0 Å². The van der Waals surface area contributed by atoms with E-state index in [0.717, 1.165) is 31.5 Å². The normalized spacial score (nSPS) is 16.9. The molecule has 0 spiro atoms. The van der Waals surface area contributed by atoms with Gasteiger partial charge in [0.05, 0.1) is 0 Å². The highest BCUT2D eigenvalue weighted by molar-refractivity contribution is 5.87. The van der Waals surface area contributed by atoms with Gasteiger partial charge in [0.15, 0.2) is 0 Å². The summed E-state index contributed by atoms with van der Waals surface area (Å²) in [6, 6.07) is 9.26. The van der Waals surface area contributed by atoms with Crippen LogP contribution in [0, 0.1) is 0 Å². The van der Waals surface area contributed by atoms with Gasteiger partial charge < -0.3 is 16.0 Å². The molecule has 2 amide bonds. The number of likely N-dealkylation sites (tertiary alicyclic amines) is 1. The summed E-state index contributed by atoms with van der Waals surface area (Å²) in [5, 5.41) is 2.78. The molecule has 2 rings (SSSR count). The van der Waals surface area contributed by atoms with Crippen molar-refractivity contribution in [1.82, 2.24) is 10.2 Å². The highest BCUT2D eigenvalue weighted by Crippen LogP contribution is 2.17. The number of nitrogens with zero attached hydrogens (tertiary/aromatic N) is 1. The van der Waals surface area contributed by atoms with Crippen LogP contribution in [-0.2, 0) is 15.1 Å². The van der Waals surface area contributed by atoms with Crippen LogP contribution in [-0.4, -0.2) is 36.3 Å². The third-order valence-electron chi connectivity index (χ3n) is 4.18. The summed E-state index contributed by atoms with van der Waals surface area (Å²) in [6.45, 7) is 3.69. The van der Waals surface area contributed by atoms with Gasteiger partial charge in [-0.2, -0.15) is 0 Å². The number of piperidine rings is 1. The molecule has 1 aliphatic rings. The molecule has 6 heteroatoms. The lowest BCUT2D eigenvalue weighted by molar-refractivity contribution is -0.132. The summed E-state index contributed by atoms with van der Waals surface area (Å²) in [6.07, 6.45) is 3.68. The Balaban J connectivity index is 0.00000264. The van der Waals surface area contributed by atoms with E-state index in [4.69, 9.17) is 5.73 Å². The lowest BCUT2D eigenvalue weighted by atomic mass is 9.92. The van der Waals surface area contributed by atoms with Crippen LogP contribution in [0.25, 0.3) is 0 Å². The maximum atomic E-state index is 12.3. The Morgan fingerprint density at radius 2 is 1.78 bits per heavy atom. The second-order valence-corrected chi connectivity index (χ2v) is 6.02. The smallest absolute Gasteiger partial charge is 0.244 e. The average molecular weight is 340 g/mol. The van der Waals surface area contributed by atoms with E-state index in [2.05, 4.69) is 5.32 Å². The third-order valence-corrected chi connectivity index (χ3v) is 4.18. The lowest BCUT2D eigenvalue weighted by Crippen LogP contribution is -2.49. The molecule has 1 atom stereocenters. The molecule has 1 unspecified atom stereocenters. The zero-order chi connectivity index (χ0) is 16.0. The molecule has 1 aromatic rings. The summed E-state index contributed by atoms with van der Waals surface area (Å²) in [5.74, 6) is -0.149. The highest BCUT2D eigenvalue weighted by Gasteiger charge is 2.30. The van der Waals surface area contributed by atoms with Crippen molar-refractivity contribution in [2.75, 3.05) is 19.6 Å². The fraction of sp³-hybridized carbons (Fsp3) is 0.529. The lowest BCUT2D eigenvalue weighted by Gasteiger charge is -2.27. The second kappa shape index (κ2) is 8.89. The van der Waals surface area contributed by atoms with Crippen molar-refractivity contribution in [3.05, 3.63) is 35.9 Å². The van der Waals surface area contributed by atoms with Gasteiger partial charge in [0, 0.05) is 26.1 Å². The van der Waals surface area contributed by atoms with Crippen LogP contribution in [0.4, 0.5) is 0 Å². The first-order chi connectivity index (χ1) is 10.5. The zero-order valence-corrected chi connectivity index (χ0v) is 14.4. The number of carbonyl (C=O) groups is 2. The number of benzene rings is 1. The Morgan fingerprint density at radius 3 is 2.39 bits per heavy atom. The number of amides is 2. The van der Waals surface area contributed by atoms with Gasteiger partial charge in [0.1, 0.15) is 5.54 Å². The van der Waals surface area contributed by atoms with E-state index < -0.39 is 5.54 Å². The van der Waals surface area contributed by atoms with E-state index >= 15 is 0 Å². The van der Waals surface area contributed by atoms with Gasteiger partial charge in [0.25, 0.3) is 0 Å². The van der Waals surface area contributed by atoms with Crippen LogP contribution in [0.5, 0.6) is 0 Å². The molecule has 3 N–H and O–H groups in total. The first-order valence-corrected chi connectivity index (χ1v) is 7.92. The molecule has 0 aromatic heterocycles. The summed E-state index contributed by atoms with van der Waals surface area (Å²) in [4.78, 5) is 26.2. The Bertz CT molecular complexity index is 514. The maximum absolute atomic E-state index is 12.3. The minimum absolute atomic E-state index is 0. The van der Waals surface area contributed by atoms with Gasteiger partial charge >= 0.3 is 0 Å². The first-order valence-electron chi connectivity index (χ1n) is 7.92. The molecular weight excluding hydrogens is 314 g/mol. The van der Waals surface area contributed by atoms with Crippen LogP contribution in [0.15, 0.2) is 30.3 Å². The molecule has 1 heterocycles. The number of hydrogen-bond donors (Lipinski definition) is 2. The van der Waals surface area contributed by atoms with Gasteiger partial charge in [-0.05, 0) is 31.7 Å². The van der Waals surface area contributed by atoms with Gasteiger partial charge in [-0.15, -0.1) is 12.4 Å². The monoisotopic (exact) mass is 339 g/mol. The van der Waals surface area contributed by atoms with Gasteiger partial charge in [-0.25, -0.2) is 0 Å². The molecule has 1 aromatic carbocycles. The van der Waals surface area contributed by atoms with Gasteiger partial charge in [0.2, 0.25) is 11.8 Å². The summed E-state index contributed by atoms with van der Waals surface area (Å²) >= 11 is 0. The average Bonchev–Trinajstić information content (AvgIpc) is 2.56. The quantitative estimate of drug-likeness (QED) is 0.859. The minimum atomic E-state index is -1.09. The second-order valence-electron chi connectivity index (χ2n) is 6.02. The molecule has 0 saturated carbocycles. The van der Waals surface area contributed by atoms with Crippen molar-refractivity contribution in [3.63, 3.8) is 0 Å². The number of nitrogens with two attached hydrogens (primary N) is 1. The molecule has 0 bridgehead atoms. The number of carbonyl (C=O) groups excluding carboxylic acids is 2. The number of rotatable bonds is 5. The van der Waals surface area contributed by atoms with Crippen molar-refractivity contribution in [2.45, 2.75) is 38.1 Å². The molecule has 0 radical (unpaired) electrons. The Hall–Kier alpha value is -1.59. The SMILES string of the molecule is CC(N)(C(=O)NCCC(=O)N1CCCCC1)c1ccccc1.Cl. The van der Waals surface area contributed by atoms with E-state index in [0.29, 0.717) is 13.0 Å². The van der Waals surface area contributed by atoms with Crippen LogP contribution in [0.1, 0.15) is 38.2 Å². The molecule has 128 valence electrons. The number of hydrogen-bond acceptors (Lipinski definition) is 3. The number of nitrogens with one attached hydrogen (secondary N) is 1. The van der Waals surface area contributed by atoms with Crippen molar-refractivity contribution in [1.29, 1.82) is 0 Å². The van der Waals surface area contributed by atoms with Crippen LogP contribution in [0.3, 0.4) is 0 Å². The molecular formula is C17H26ClN3O2. The fourth-order valence-electron chi connectivity index (χ4n) is 2.68. The first kappa shape index (κ1) is 19.5. The standard InChI is InChI=1S/C17H25N3O2.ClH/c1-17(18,14-8-4-2-5-9-14)16(22)19-11-10-15(21)20-12-6-3-7-13-20;/h2,4-5,8-9H,3,6-7,10-13,18H2,1H3,(H,19,22);1H. The van der Waals surface area contributed by atoms with Crippen molar-refractivity contribution in [2.24, 2.45) is 5.73 Å². The van der Waals surface area contributed by atoms with E-state index in [-0.39, 0.29) is 24.2 Å². The number of halogens is 1. The fourth-order valence-corrected chi connectivity index (χ4v) is 2.68. The van der Waals surface area contributed by atoms with Crippen LogP contribution < -0.4 is 11.1 Å². The van der Waals surface area contributed by atoms with E-state index in [1.54, 1.807) is 6.92 Å². The maximum Gasteiger partial charge on any atom is 0.244 e. The van der Waals surface area contributed by atoms with Crippen LogP contribution in [0.2, 0.25) is 0 Å². The van der Waals surface area contributed by atoms with Crippen molar-refractivity contribution >= 4 is 24.2 Å².